The minimum atomic E-state index is 0.458. The fourth-order valence-electron chi connectivity index (χ4n) is 2.77. The van der Waals surface area contributed by atoms with E-state index in [1.54, 1.807) is 0 Å². The monoisotopic (exact) mass is 242 g/mol. The van der Waals surface area contributed by atoms with Crippen LogP contribution in [-0.2, 0) is 4.74 Å². The quantitative estimate of drug-likeness (QED) is 0.496. The summed E-state index contributed by atoms with van der Waals surface area (Å²) in [5, 5.41) is 0. The molecule has 4 unspecified atom stereocenters. The Kier molecular flexibility index (Phi) is 9.91. The lowest BCUT2D eigenvalue weighted by atomic mass is 9.94. The van der Waals surface area contributed by atoms with Gasteiger partial charge >= 0.3 is 0 Å². The molecule has 1 heteroatoms. The second-order valence-corrected chi connectivity index (χ2v) is 5.56. The molecule has 0 aliphatic rings. The molecule has 0 aromatic heterocycles. The van der Waals surface area contributed by atoms with E-state index in [1.807, 2.05) is 0 Å². The minimum absolute atomic E-state index is 0.458. The first kappa shape index (κ1) is 17.0. The van der Waals surface area contributed by atoms with Gasteiger partial charge in [-0.25, -0.2) is 0 Å². The highest BCUT2D eigenvalue weighted by molar-refractivity contribution is 4.71. The van der Waals surface area contributed by atoms with Crippen LogP contribution in [0.2, 0.25) is 0 Å². The van der Waals surface area contributed by atoms with Crippen LogP contribution in [0.3, 0.4) is 0 Å². The summed E-state index contributed by atoms with van der Waals surface area (Å²) >= 11 is 0. The van der Waals surface area contributed by atoms with Crippen molar-refractivity contribution in [3.63, 3.8) is 0 Å². The van der Waals surface area contributed by atoms with Gasteiger partial charge in [-0.1, -0.05) is 54.4 Å². The van der Waals surface area contributed by atoms with Gasteiger partial charge in [-0.3, -0.25) is 0 Å². The zero-order chi connectivity index (χ0) is 13.3. The zero-order valence-corrected chi connectivity index (χ0v) is 13.0. The minimum Gasteiger partial charge on any atom is -0.374 e. The molecule has 0 radical (unpaired) electrons. The van der Waals surface area contributed by atoms with Crippen LogP contribution in [0.15, 0.2) is 0 Å². The van der Waals surface area contributed by atoms with Crippen molar-refractivity contribution < 1.29 is 4.74 Å². The molecule has 0 rings (SSSR count). The van der Waals surface area contributed by atoms with Crippen LogP contribution < -0.4 is 0 Å². The maximum Gasteiger partial charge on any atom is 0.0601 e. The smallest absolute Gasteiger partial charge is 0.0601 e. The Labute approximate surface area is 109 Å². The van der Waals surface area contributed by atoms with Crippen molar-refractivity contribution in [2.45, 2.75) is 92.3 Å². The Balaban J connectivity index is 4.29. The van der Waals surface area contributed by atoms with Gasteiger partial charge in [0.1, 0.15) is 0 Å². The Morgan fingerprint density at radius 3 is 1.29 bits per heavy atom. The molecule has 0 fully saturated rings. The van der Waals surface area contributed by atoms with Crippen LogP contribution in [0.25, 0.3) is 0 Å². The van der Waals surface area contributed by atoms with Gasteiger partial charge in [0, 0.05) is 0 Å². The summed E-state index contributed by atoms with van der Waals surface area (Å²) in [5.41, 5.74) is 0. The second kappa shape index (κ2) is 9.94. The van der Waals surface area contributed by atoms with Gasteiger partial charge < -0.3 is 4.74 Å². The van der Waals surface area contributed by atoms with Gasteiger partial charge in [-0.2, -0.15) is 0 Å². The van der Waals surface area contributed by atoms with Gasteiger partial charge in [0.25, 0.3) is 0 Å². The second-order valence-electron chi connectivity index (χ2n) is 5.56. The van der Waals surface area contributed by atoms with Crippen molar-refractivity contribution >= 4 is 0 Å². The van der Waals surface area contributed by atoms with Crippen molar-refractivity contribution in [2.75, 3.05) is 0 Å². The average Bonchev–Trinajstić information content (AvgIpc) is 2.31. The highest BCUT2D eigenvalue weighted by atomic mass is 16.5. The third-order valence-electron chi connectivity index (χ3n) is 3.91. The van der Waals surface area contributed by atoms with Crippen molar-refractivity contribution in [3.8, 4) is 0 Å². The van der Waals surface area contributed by atoms with Crippen molar-refractivity contribution in [3.05, 3.63) is 0 Å². The molecule has 0 saturated heterocycles. The van der Waals surface area contributed by atoms with Crippen LogP contribution in [0.5, 0.6) is 0 Å². The standard InChI is InChI=1S/C16H34O/c1-7-11-13(5)15(9-3)17-16(10-4)14(6)12-8-2/h13-16H,7-12H2,1-6H3. The van der Waals surface area contributed by atoms with E-state index in [0.29, 0.717) is 24.0 Å². The molecular weight excluding hydrogens is 208 g/mol. The largest absolute Gasteiger partial charge is 0.374 e. The summed E-state index contributed by atoms with van der Waals surface area (Å²) in [6.07, 6.45) is 8.32. The lowest BCUT2D eigenvalue weighted by Gasteiger charge is -2.31. The molecule has 0 N–H and O–H groups in total. The van der Waals surface area contributed by atoms with Crippen LogP contribution in [-0.4, -0.2) is 12.2 Å². The molecule has 0 bridgehead atoms. The first-order valence-corrected chi connectivity index (χ1v) is 7.75. The fourth-order valence-corrected chi connectivity index (χ4v) is 2.77. The molecule has 0 aliphatic heterocycles. The average molecular weight is 242 g/mol. The predicted molar refractivity (Wildman–Crippen MR) is 77.4 cm³/mol. The van der Waals surface area contributed by atoms with Gasteiger partial charge in [0.2, 0.25) is 0 Å². The molecule has 0 aromatic carbocycles. The first-order chi connectivity index (χ1) is 8.10. The maximum atomic E-state index is 6.38. The van der Waals surface area contributed by atoms with E-state index < -0.39 is 0 Å². The first-order valence-electron chi connectivity index (χ1n) is 7.75. The predicted octanol–water partition coefficient (Wildman–Crippen LogP) is 5.43. The normalized spacial score (nSPS) is 18.7. The van der Waals surface area contributed by atoms with Gasteiger partial charge in [0.15, 0.2) is 0 Å². The molecular formula is C16H34O. The number of hydrogen-bond acceptors (Lipinski definition) is 1. The topological polar surface area (TPSA) is 9.23 Å². The third-order valence-corrected chi connectivity index (χ3v) is 3.91. The van der Waals surface area contributed by atoms with Gasteiger partial charge in [-0.15, -0.1) is 0 Å². The van der Waals surface area contributed by atoms with Crippen molar-refractivity contribution in [1.82, 2.24) is 0 Å². The molecule has 17 heavy (non-hydrogen) atoms. The Bertz CT molecular complexity index is 149. The molecule has 0 spiro atoms. The molecule has 0 aliphatic carbocycles. The molecule has 4 atom stereocenters. The molecule has 0 saturated carbocycles. The molecule has 104 valence electrons. The van der Waals surface area contributed by atoms with E-state index >= 15 is 0 Å². The van der Waals surface area contributed by atoms with Crippen LogP contribution in [0.4, 0.5) is 0 Å². The Morgan fingerprint density at radius 1 is 0.706 bits per heavy atom. The summed E-state index contributed by atoms with van der Waals surface area (Å²) in [7, 11) is 0. The van der Waals surface area contributed by atoms with E-state index in [2.05, 4.69) is 41.5 Å². The van der Waals surface area contributed by atoms with Crippen molar-refractivity contribution in [1.29, 1.82) is 0 Å². The number of hydrogen-bond donors (Lipinski definition) is 0. The lowest BCUT2D eigenvalue weighted by molar-refractivity contribution is -0.0682. The fraction of sp³-hybridized carbons (Fsp3) is 1.00. The SMILES string of the molecule is CCCC(C)C(CC)OC(CC)C(C)CCC. The molecule has 0 heterocycles. The van der Waals surface area contributed by atoms with E-state index in [-0.39, 0.29) is 0 Å². The third kappa shape index (κ3) is 6.45. The summed E-state index contributed by atoms with van der Waals surface area (Å²) in [6, 6.07) is 0. The van der Waals surface area contributed by atoms with Crippen molar-refractivity contribution in [2.24, 2.45) is 11.8 Å². The number of rotatable bonds is 10. The van der Waals surface area contributed by atoms with Crippen LogP contribution in [0, 0.1) is 11.8 Å². The Morgan fingerprint density at radius 2 is 1.06 bits per heavy atom. The maximum absolute atomic E-state index is 6.38. The van der Waals surface area contributed by atoms with E-state index in [0.717, 1.165) is 12.8 Å². The summed E-state index contributed by atoms with van der Waals surface area (Å²) in [6.45, 7) is 13.7. The summed E-state index contributed by atoms with van der Waals surface area (Å²) in [4.78, 5) is 0. The van der Waals surface area contributed by atoms with Crippen LogP contribution in [0.1, 0.15) is 80.1 Å². The van der Waals surface area contributed by atoms with Gasteiger partial charge in [-0.05, 0) is 37.5 Å². The summed E-state index contributed by atoms with van der Waals surface area (Å²) < 4.78 is 6.38. The van der Waals surface area contributed by atoms with E-state index in [4.69, 9.17) is 4.74 Å². The number of ether oxygens (including phenoxy) is 1. The molecule has 1 nitrogen and oxygen atoms in total. The molecule has 0 amide bonds. The Hall–Kier alpha value is -0.0400. The highest BCUT2D eigenvalue weighted by Gasteiger charge is 2.22. The van der Waals surface area contributed by atoms with E-state index in [9.17, 15) is 0 Å². The lowest BCUT2D eigenvalue weighted by Crippen LogP contribution is -2.31. The van der Waals surface area contributed by atoms with Gasteiger partial charge in [0.05, 0.1) is 12.2 Å². The highest BCUT2D eigenvalue weighted by Crippen LogP contribution is 2.24. The van der Waals surface area contributed by atoms with Crippen LogP contribution >= 0.6 is 0 Å². The zero-order valence-electron chi connectivity index (χ0n) is 13.0. The van der Waals surface area contributed by atoms with E-state index in [1.165, 1.54) is 25.7 Å². The summed E-state index contributed by atoms with van der Waals surface area (Å²) in [5.74, 6) is 1.40. The molecule has 0 aromatic rings.